The van der Waals surface area contributed by atoms with Crippen molar-refractivity contribution in [3.8, 4) is 0 Å². The highest BCUT2D eigenvalue weighted by Crippen LogP contribution is 2.28. The monoisotopic (exact) mass is 180 g/mol. The molecule has 5 heteroatoms. The van der Waals surface area contributed by atoms with Crippen molar-refractivity contribution < 1.29 is 19.5 Å². The molecule has 4 atom stereocenters. The Morgan fingerprint density at radius 1 is 1.82 bits per heavy atom. The SMILES string of the molecule is C[C@]1(O)CO[C@H](CO)C1OP. The number of hydrogen-bond donors (Lipinski definition) is 2. The van der Waals surface area contributed by atoms with Gasteiger partial charge in [-0.25, -0.2) is 0 Å². The molecule has 0 amide bonds. The van der Waals surface area contributed by atoms with Crippen molar-refractivity contribution in [2.45, 2.75) is 24.7 Å². The molecule has 0 bridgehead atoms. The lowest BCUT2D eigenvalue weighted by Crippen LogP contribution is -2.42. The van der Waals surface area contributed by atoms with Crippen molar-refractivity contribution in [1.29, 1.82) is 0 Å². The van der Waals surface area contributed by atoms with Crippen molar-refractivity contribution >= 4 is 9.47 Å². The Labute approximate surface area is 67.8 Å². The van der Waals surface area contributed by atoms with E-state index in [2.05, 4.69) is 9.47 Å². The minimum absolute atomic E-state index is 0.130. The molecule has 0 aromatic heterocycles. The van der Waals surface area contributed by atoms with Crippen LogP contribution in [-0.2, 0) is 9.26 Å². The maximum atomic E-state index is 9.58. The lowest BCUT2D eigenvalue weighted by Gasteiger charge is -2.23. The Morgan fingerprint density at radius 2 is 2.45 bits per heavy atom. The van der Waals surface area contributed by atoms with Crippen LogP contribution in [0.5, 0.6) is 0 Å². The van der Waals surface area contributed by atoms with Crippen LogP contribution in [0.25, 0.3) is 0 Å². The molecule has 2 unspecified atom stereocenters. The Balaban J connectivity index is 2.63. The number of aliphatic hydroxyl groups is 2. The first kappa shape index (κ1) is 9.36. The summed E-state index contributed by atoms with van der Waals surface area (Å²) in [5, 5.41) is 18.4. The summed E-state index contributed by atoms with van der Waals surface area (Å²) in [5.74, 6) is 0. The van der Waals surface area contributed by atoms with Crippen LogP contribution in [0.1, 0.15) is 6.92 Å². The molecule has 0 saturated carbocycles. The van der Waals surface area contributed by atoms with Crippen LogP contribution in [0.3, 0.4) is 0 Å². The molecular weight excluding hydrogens is 167 g/mol. The molecule has 1 aliphatic heterocycles. The third kappa shape index (κ3) is 1.71. The first-order valence-electron chi connectivity index (χ1n) is 3.42. The molecule has 0 aromatic rings. The first-order valence-corrected chi connectivity index (χ1v) is 3.89. The second kappa shape index (κ2) is 3.33. The van der Waals surface area contributed by atoms with E-state index in [9.17, 15) is 5.11 Å². The molecule has 1 rings (SSSR count). The fourth-order valence-corrected chi connectivity index (χ4v) is 1.70. The molecule has 0 aromatic carbocycles. The third-order valence-corrected chi connectivity index (χ3v) is 2.16. The largest absolute Gasteiger partial charge is 0.394 e. The topological polar surface area (TPSA) is 58.9 Å². The van der Waals surface area contributed by atoms with Crippen LogP contribution in [0.4, 0.5) is 0 Å². The van der Waals surface area contributed by atoms with Gasteiger partial charge in [-0.1, -0.05) is 0 Å². The molecule has 11 heavy (non-hydrogen) atoms. The summed E-state index contributed by atoms with van der Waals surface area (Å²) in [7, 11) is 2.07. The zero-order valence-electron chi connectivity index (χ0n) is 6.36. The Hall–Kier alpha value is 0.270. The van der Waals surface area contributed by atoms with E-state index in [1.807, 2.05) is 0 Å². The molecule has 4 nitrogen and oxygen atoms in total. The molecular formula is C6H13O4P. The number of aliphatic hydroxyl groups excluding tert-OH is 1. The van der Waals surface area contributed by atoms with Crippen LogP contribution in [0, 0.1) is 0 Å². The molecule has 1 aliphatic rings. The van der Waals surface area contributed by atoms with Gasteiger partial charge in [-0.05, 0) is 6.92 Å². The van der Waals surface area contributed by atoms with Crippen LogP contribution >= 0.6 is 9.47 Å². The lowest BCUT2D eigenvalue weighted by atomic mass is 10.00. The van der Waals surface area contributed by atoms with Gasteiger partial charge in [-0.15, -0.1) is 0 Å². The summed E-state index contributed by atoms with van der Waals surface area (Å²) in [4.78, 5) is 0. The summed E-state index contributed by atoms with van der Waals surface area (Å²) in [5.41, 5.74) is -0.991. The van der Waals surface area contributed by atoms with E-state index in [-0.39, 0.29) is 13.2 Å². The predicted octanol–water partition coefficient (Wildman–Crippen LogP) is -0.696. The van der Waals surface area contributed by atoms with Gasteiger partial charge in [0.2, 0.25) is 0 Å². The molecule has 0 spiro atoms. The second-order valence-electron chi connectivity index (χ2n) is 2.95. The highest BCUT2D eigenvalue weighted by molar-refractivity contribution is 7.09. The zero-order chi connectivity index (χ0) is 8.48. The fraction of sp³-hybridized carbons (Fsp3) is 1.00. The van der Waals surface area contributed by atoms with Gasteiger partial charge in [0, 0.05) is 9.47 Å². The van der Waals surface area contributed by atoms with Crippen molar-refractivity contribution in [3.05, 3.63) is 0 Å². The average Bonchev–Trinajstić information content (AvgIpc) is 2.24. The van der Waals surface area contributed by atoms with Crippen LogP contribution < -0.4 is 0 Å². The normalized spacial score (nSPS) is 44.7. The predicted molar refractivity (Wildman–Crippen MR) is 42.0 cm³/mol. The molecule has 2 N–H and O–H groups in total. The minimum atomic E-state index is -0.991. The van der Waals surface area contributed by atoms with E-state index in [0.717, 1.165) is 0 Å². The van der Waals surface area contributed by atoms with Gasteiger partial charge in [0.1, 0.15) is 17.8 Å². The van der Waals surface area contributed by atoms with Crippen LogP contribution in [0.15, 0.2) is 0 Å². The Bertz CT molecular complexity index is 139. The van der Waals surface area contributed by atoms with E-state index >= 15 is 0 Å². The molecule has 1 fully saturated rings. The van der Waals surface area contributed by atoms with E-state index in [1.165, 1.54) is 0 Å². The summed E-state index contributed by atoms with van der Waals surface area (Å²) >= 11 is 0. The highest BCUT2D eigenvalue weighted by atomic mass is 31.0. The number of ether oxygens (including phenoxy) is 1. The number of hydrogen-bond acceptors (Lipinski definition) is 4. The summed E-state index contributed by atoms with van der Waals surface area (Å²) in [6.45, 7) is 1.70. The van der Waals surface area contributed by atoms with Gasteiger partial charge < -0.3 is 19.5 Å². The van der Waals surface area contributed by atoms with Gasteiger partial charge in [0.25, 0.3) is 0 Å². The summed E-state index contributed by atoms with van der Waals surface area (Å²) < 4.78 is 9.99. The fourth-order valence-electron chi connectivity index (χ4n) is 1.23. The molecule has 1 saturated heterocycles. The summed E-state index contributed by atoms with van der Waals surface area (Å²) in [6.07, 6.45) is -0.875. The zero-order valence-corrected chi connectivity index (χ0v) is 7.51. The molecule has 1 heterocycles. The standard InChI is InChI=1S/C6H13O4P/c1-6(8)3-9-4(2-7)5(6)10-11/h4-5,7-8H,2-3,11H2,1H3/t4-,5?,6+/m1/s1. The van der Waals surface area contributed by atoms with Crippen molar-refractivity contribution in [3.63, 3.8) is 0 Å². The number of rotatable bonds is 2. The molecule has 66 valence electrons. The van der Waals surface area contributed by atoms with Gasteiger partial charge in [0.15, 0.2) is 0 Å². The van der Waals surface area contributed by atoms with E-state index < -0.39 is 17.8 Å². The lowest BCUT2D eigenvalue weighted by molar-refractivity contribution is -0.0196. The average molecular weight is 180 g/mol. The maximum absolute atomic E-state index is 9.58. The van der Waals surface area contributed by atoms with E-state index in [0.29, 0.717) is 0 Å². The van der Waals surface area contributed by atoms with Gasteiger partial charge in [0.05, 0.1) is 13.2 Å². The smallest absolute Gasteiger partial charge is 0.120 e. The highest BCUT2D eigenvalue weighted by Gasteiger charge is 2.45. The first-order chi connectivity index (χ1) is 5.11. The van der Waals surface area contributed by atoms with Crippen molar-refractivity contribution in [2.75, 3.05) is 13.2 Å². The van der Waals surface area contributed by atoms with Gasteiger partial charge in [-0.2, -0.15) is 0 Å². The third-order valence-electron chi connectivity index (χ3n) is 1.87. The summed E-state index contributed by atoms with van der Waals surface area (Å²) in [6, 6.07) is 0. The second-order valence-corrected chi connectivity index (χ2v) is 3.22. The quantitative estimate of drug-likeness (QED) is 0.552. The van der Waals surface area contributed by atoms with Crippen LogP contribution in [-0.4, -0.2) is 41.2 Å². The molecule has 0 aliphatic carbocycles. The van der Waals surface area contributed by atoms with Crippen molar-refractivity contribution in [2.24, 2.45) is 0 Å². The van der Waals surface area contributed by atoms with Crippen molar-refractivity contribution in [1.82, 2.24) is 0 Å². The molecule has 0 radical (unpaired) electrons. The van der Waals surface area contributed by atoms with E-state index in [4.69, 9.17) is 14.4 Å². The van der Waals surface area contributed by atoms with Gasteiger partial charge in [-0.3, -0.25) is 0 Å². The minimum Gasteiger partial charge on any atom is -0.394 e. The Kier molecular flexibility index (Phi) is 2.84. The van der Waals surface area contributed by atoms with Crippen LogP contribution in [0.2, 0.25) is 0 Å². The maximum Gasteiger partial charge on any atom is 0.120 e. The van der Waals surface area contributed by atoms with E-state index in [1.54, 1.807) is 6.92 Å². The van der Waals surface area contributed by atoms with Gasteiger partial charge >= 0.3 is 0 Å². The Morgan fingerprint density at radius 3 is 2.82 bits per heavy atom.